The van der Waals surface area contributed by atoms with Gasteiger partial charge in [-0.05, 0) is 24.6 Å². The molecule has 0 saturated heterocycles. The number of benzene rings is 1. The Morgan fingerprint density at radius 1 is 1.40 bits per heavy atom. The predicted molar refractivity (Wildman–Crippen MR) is 77.3 cm³/mol. The van der Waals surface area contributed by atoms with Gasteiger partial charge in [0.2, 0.25) is 5.91 Å². The molecule has 2 heterocycles. The molecule has 1 amide bonds. The van der Waals surface area contributed by atoms with Crippen molar-refractivity contribution in [2.75, 3.05) is 6.54 Å². The fourth-order valence-corrected chi connectivity index (χ4v) is 2.82. The average molecular weight is 267 g/mol. The van der Waals surface area contributed by atoms with Crippen LogP contribution in [-0.4, -0.2) is 17.4 Å². The summed E-state index contributed by atoms with van der Waals surface area (Å²) in [5.41, 5.74) is 2.40. The Labute approximate surface area is 118 Å². The van der Waals surface area contributed by atoms with E-state index in [1.54, 1.807) is 4.90 Å². The Morgan fingerprint density at radius 3 is 2.85 bits per heavy atom. The minimum absolute atomic E-state index is 0.0503. The Hall–Kier alpha value is -2.29. The summed E-state index contributed by atoms with van der Waals surface area (Å²) in [6, 6.07) is 12.3. The highest BCUT2D eigenvalue weighted by atomic mass is 16.3. The number of carbonyl (C=O) groups is 1. The first-order valence-corrected chi connectivity index (χ1v) is 6.74. The van der Waals surface area contributed by atoms with Gasteiger partial charge in [0, 0.05) is 18.0 Å². The summed E-state index contributed by atoms with van der Waals surface area (Å²) in [4.78, 5) is 13.7. The van der Waals surface area contributed by atoms with Gasteiger partial charge in [-0.2, -0.15) is 0 Å². The van der Waals surface area contributed by atoms with Crippen LogP contribution < -0.4 is 0 Å². The Morgan fingerprint density at radius 2 is 2.15 bits per heavy atom. The number of aryl methyl sites for hydroxylation is 1. The third-order valence-corrected chi connectivity index (χ3v) is 3.77. The summed E-state index contributed by atoms with van der Waals surface area (Å²) in [5.74, 6) is 1.90. The van der Waals surface area contributed by atoms with Gasteiger partial charge >= 0.3 is 0 Å². The van der Waals surface area contributed by atoms with Crippen LogP contribution in [-0.2, 0) is 11.3 Å². The van der Waals surface area contributed by atoms with Crippen LogP contribution in [0.1, 0.15) is 28.6 Å². The van der Waals surface area contributed by atoms with Gasteiger partial charge in [-0.15, -0.1) is 0 Å². The van der Waals surface area contributed by atoms with Crippen LogP contribution in [0.4, 0.5) is 0 Å². The summed E-state index contributed by atoms with van der Waals surface area (Å²) in [7, 11) is 0. The van der Waals surface area contributed by atoms with E-state index in [4.69, 9.17) is 4.42 Å². The summed E-state index contributed by atoms with van der Waals surface area (Å²) < 4.78 is 5.75. The number of hydrogen-bond acceptors (Lipinski definition) is 2. The van der Waals surface area contributed by atoms with Crippen molar-refractivity contribution in [3.63, 3.8) is 0 Å². The van der Waals surface area contributed by atoms with E-state index in [1.165, 1.54) is 17.2 Å². The van der Waals surface area contributed by atoms with Gasteiger partial charge < -0.3 is 9.32 Å². The van der Waals surface area contributed by atoms with Crippen LogP contribution in [0.15, 0.2) is 53.5 Å². The zero-order valence-corrected chi connectivity index (χ0v) is 11.5. The second-order valence-corrected chi connectivity index (χ2v) is 5.12. The minimum atomic E-state index is -0.0503. The van der Waals surface area contributed by atoms with E-state index in [0.717, 1.165) is 11.5 Å². The van der Waals surface area contributed by atoms with Crippen LogP contribution >= 0.6 is 0 Å². The van der Waals surface area contributed by atoms with E-state index in [2.05, 4.69) is 24.8 Å². The second kappa shape index (κ2) is 5.00. The van der Waals surface area contributed by atoms with Crippen molar-refractivity contribution in [3.8, 4) is 0 Å². The zero-order chi connectivity index (χ0) is 14.1. The molecular formula is C17H17NO2. The van der Waals surface area contributed by atoms with Crippen molar-refractivity contribution in [2.24, 2.45) is 0 Å². The highest BCUT2D eigenvalue weighted by molar-refractivity contribution is 5.87. The maximum absolute atomic E-state index is 11.9. The van der Waals surface area contributed by atoms with Crippen LogP contribution in [0.2, 0.25) is 0 Å². The monoisotopic (exact) mass is 267 g/mol. The maximum atomic E-state index is 11.9. The van der Waals surface area contributed by atoms with E-state index < -0.39 is 0 Å². The van der Waals surface area contributed by atoms with Crippen molar-refractivity contribution >= 4 is 5.91 Å². The quantitative estimate of drug-likeness (QED) is 0.783. The molecule has 2 aromatic rings. The van der Waals surface area contributed by atoms with Crippen LogP contribution in [0, 0.1) is 6.92 Å². The van der Waals surface area contributed by atoms with Crippen LogP contribution in [0.25, 0.3) is 0 Å². The summed E-state index contributed by atoms with van der Waals surface area (Å²) in [6.45, 7) is 6.71. The number of nitrogens with zero attached hydrogens (tertiary/aromatic N) is 1. The first-order chi connectivity index (χ1) is 9.69. The number of furan rings is 1. The highest BCUT2D eigenvalue weighted by Crippen LogP contribution is 2.35. The molecule has 1 aromatic heterocycles. The summed E-state index contributed by atoms with van der Waals surface area (Å²) in [5, 5.41) is 0. The van der Waals surface area contributed by atoms with Crippen molar-refractivity contribution < 1.29 is 9.21 Å². The molecule has 0 bridgehead atoms. The number of rotatable bonds is 2. The van der Waals surface area contributed by atoms with Gasteiger partial charge in [-0.25, -0.2) is 0 Å². The lowest BCUT2D eigenvalue weighted by molar-refractivity contribution is -0.127. The van der Waals surface area contributed by atoms with Gasteiger partial charge in [0.05, 0.1) is 6.54 Å². The van der Waals surface area contributed by atoms with E-state index >= 15 is 0 Å². The second-order valence-electron chi connectivity index (χ2n) is 5.12. The number of amides is 1. The third kappa shape index (κ3) is 2.16. The first kappa shape index (κ1) is 12.7. The van der Waals surface area contributed by atoms with E-state index in [1.807, 2.05) is 25.1 Å². The molecule has 0 fully saturated rings. The molecule has 102 valence electrons. The third-order valence-electron chi connectivity index (χ3n) is 3.77. The Kier molecular flexibility index (Phi) is 3.18. The molecular weight excluding hydrogens is 250 g/mol. The number of fused-ring (bicyclic) bond motifs is 1. The standard InChI is InChI=1S/C17H17NO2/c1-3-17(19)18-10-15(13-7-5-4-6-8-13)14-9-12(2)20-16(14)11-18/h3-9,15H,1,10-11H2,2H3/t15-/m0/s1. The molecule has 0 aliphatic carbocycles. The molecule has 1 aliphatic rings. The molecule has 3 rings (SSSR count). The average Bonchev–Trinajstić information content (AvgIpc) is 2.86. The molecule has 3 heteroatoms. The van der Waals surface area contributed by atoms with Gasteiger partial charge in [-0.1, -0.05) is 36.9 Å². The molecule has 0 spiro atoms. The zero-order valence-electron chi connectivity index (χ0n) is 11.5. The van der Waals surface area contributed by atoms with E-state index in [-0.39, 0.29) is 11.8 Å². The van der Waals surface area contributed by atoms with Crippen LogP contribution in [0.3, 0.4) is 0 Å². The molecule has 3 nitrogen and oxygen atoms in total. The minimum Gasteiger partial charge on any atom is -0.464 e. The predicted octanol–water partition coefficient (Wildman–Crippen LogP) is 3.25. The number of hydrogen-bond donors (Lipinski definition) is 0. The van der Waals surface area contributed by atoms with Crippen molar-refractivity contribution in [3.05, 3.63) is 71.7 Å². The molecule has 0 unspecified atom stereocenters. The molecule has 0 N–H and O–H groups in total. The smallest absolute Gasteiger partial charge is 0.246 e. The van der Waals surface area contributed by atoms with E-state index in [9.17, 15) is 4.79 Å². The van der Waals surface area contributed by atoms with Crippen molar-refractivity contribution in [2.45, 2.75) is 19.4 Å². The van der Waals surface area contributed by atoms with Crippen molar-refractivity contribution in [1.82, 2.24) is 4.90 Å². The normalized spacial score (nSPS) is 17.6. The lowest BCUT2D eigenvalue weighted by Gasteiger charge is -2.31. The first-order valence-electron chi connectivity index (χ1n) is 6.74. The van der Waals surface area contributed by atoms with Gasteiger partial charge in [0.1, 0.15) is 11.5 Å². The largest absolute Gasteiger partial charge is 0.464 e. The van der Waals surface area contributed by atoms with Crippen molar-refractivity contribution in [1.29, 1.82) is 0 Å². The highest BCUT2D eigenvalue weighted by Gasteiger charge is 2.31. The SMILES string of the molecule is C=CC(=O)N1Cc2oc(C)cc2[C@H](c2ccccc2)C1. The van der Waals surface area contributed by atoms with Crippen LogP contribution in [0.5, 0.6) is 0 Å². The Balaban J connectivity index is 2.03. The molecule has 1 aromatic carbocycles. The molecule has 0 saturated carbocycles. The van der Waals surface area contributed by atoms with E-state index in [0.29, 0.717) is 13.1 Å². The van der Waals surface area contributed by atoms with Gasteiger partial charge in [-0.3, -0.25) is 4.79 Å². The Bertz CT molecular complexity index is 642. The molecule has 1 atom stereocenters. The lowest BCUT2D eigenvalue weighted by atomic mass is 9.88. The lowest BCUT2D eigenvalue weighted by Crippen LogP contribution is -2.37. The molecule has 0 radical (unpaired) electrons. The van der Waals surface area contributed by atoms with Gasteiger partial charge in [0.25, 0.3) is 0 Å². The fourth-order valence-electron chi connectivity index (χ4n) is 2.82. The topological polar surface area (TPSA) is 33.5 Å². The molecule has 1 aliphatic heterocycles. The maximum Gasteiger partial charge on any atom is 0.246 e. The fraction of sp³-hybridized carbons (Fsp3) is 0.235. The summed E-state index contributed by atoms with van der Waals surface area (Å²) >= 11 is 0. The number of carbonyl (C=O) groups excluding carboxylic acids is 1. The van der Waals surface area contributed by atoms with Gasteiger partial charge in [0.15, 0.2) is 0 Å². The summed E-state index contributed by atoms with van der Waals surface area (Å²) in [6.07, 6.45) is 1.36. The molecule has 20 heavy (non-hydrogen) atoms.